The van der Waals surface area contributed by atoms with Gasteiger partial charge in [0.1, 0.15) is 0 Å². The zero-order chi connectivity index (χ0) is 10.7. The van der Waals surface area contributed by atoms with E-state index in [0.29, 0.717) is 6.04 Å². The Morgan fingerprint density at radius 2 is 2.00 bits per heavy atom. The molecule has 1 heterocycles. The Balaban J connectivity index is 2.13. The lowest BCUT2D eigenvalue weighted by Gasteiger charge is -2.14. The Hall–Kier alpha value is -0.800. The molecule has 0 saturated carbocycles. The lowest BCUT2D eigenvalue weighted by Crippen LogP contribution is -2.04. The molecular weight excluding hydrogens is 270 g/mol. The predicted octanol–water partition coefficient (Wildman–Crippen LogP) is 4.68. The van der Waals surface area contributed by atoms with Crippen LogP contribution in [0.1, 0.15) is 17.8 Å². The van der Waals surface area contributed by atoms with E-state index in [-0.39, 0.29) is 0 Å². The maximum Gasteiger partial charge on any atom is 0.0578 e. The quantitative estimate of drug-likeness (QED) is 0.861. The molecule has 1 N–H and O–H groups in total. The van der Waals surface area contributed by atoms with Gasteiger partial charge >= 0.3 is 0 Å². The van der Waals surface area contributed by atoms with Gasteiger partial charge in [-0.3, -0.25) is 0 Å². The van der Waals surface area contributed by atoms with Crippen LogP contribution in [0, 0.1) is 0 Å². The smallest absolute Gasteiger partial charge is 0.0578 e. The van der Waals surface area contributed by atoms with Crippen LogP contribution in [0.5, 0.6) is 0 Å². The molecular formula is C12H12BrNS. The van der Waals surface area contributed by atoms with E-state index in [0.717, 1.165) is 10.2 Å². The van der Waals surface area contributed by atoms with Crippen molar-refractivity contribution in [3.05, 3.63) is 51.1 Å². The van der Waals surface area contributed by atoms with Gasteiger partial charge < -0.3 is 5.32 Å². The van der Waals surface area contributed by atoms with Crippen molar-refractivity contribution in [3.8, 4) is 0 Å². The molecule has 2 rings (SSSR count). The first-order chi connectivity index (χ1) is 7.27. The molecule has 0 amide bonds. The van der Waals surface area contributed by atoms with Gasteiger partial charge in [0, 0.05) is 15.0 Å². The van der Waals surface area contributed by atoms with Crippen LogP contribution in [0.2, 0.25) is 0 Å². The Morgan fingerprint density at radius 3 is 2.67 bits per heavy atom. The third-order valence-electron chi connectivity index (χ3n) is 2.22. The number of para-hydroxylation sites is 1. The van der Waals surface area contributed by atoms with Crippen molar-refractivity contribution < 1.29 is 0 Å². The highest BCUT2D eigenvalue weighted by Gasteiger charge is 2.07. The SMILES string of the molecule is C[C@@H](Nc1ccccc1Br)c1cccs1. The molecule has 0 radical (unpaired) electrons. The Morgan fingerprint density at radius 1 is 1.20 bits per heavy atom. The standard InChI is InChI=1S/C12H12BrNS/c1-9(12-7-4-8-15-12)14-11-6-3-2-5-10(11)13/h2-9,14H,1H3/t9-/m1/s1. The van der Waals surface area contributed by atoms with E-state index in [1.807, 2.05) is 18.2 Å². The van der Waals surface area contributed by atoms with Gasteiger partial charge in [-0.1, -0.05) is 18.2 Å². The lowest BCUT2D eigenvalue weighted by atomic mass is 10.2. The summed E-state index contributed by atoms with van der Waals surface area (Å²) in [4.78, 5) is 1.35. The summed E-state index contributed by atoms with van der Waals surface area (Å²) in [6, 6.07) is 12.8. The Labute approximate surface area is 102 Å². The highest BCUT2D eigenvalue weighted by atomic mass is 79.9. The van der Waals surface area contributed by atoms with Crippen molar-refractivity contribution in [3.63, 3.8) is 0 Å². The van der Waals surface area contributed by atoms with E-state index in [1.165, 1.54) is 4.88 Å². The second-order valence-corrected chi connectivity index (χ2v) is 5.19. The van der Waals surface area contributed by atoms with Crippen LogP contribution in [-0.2, 0) is 0 Å². The van der Waals surface area contributed by atoms with Crippen molar-refractivity contribution in [2.45, 2.75) is 13.0 Å². The minimum absolute atomic E-state index is 0.351. The van der Waals surface area contributed by atoms with Gasteiger partial charge in [-0.25, -0.2) is 0 Å². The van der Waals surface area contributed by atoms with E-state index < -0.39 is 0 Å². The molecule has 0 unspecified atom stereocenters. The van der Waals surface area contributed by atoms with E-state index in [2.05, 4.69) is 51.7 Å². The van der Waals surface area contributed by atoms with Gasteiger partial charge in [0.15, 0.2) is 0 Å². The minimum Gasteiger partial charge on any atom is -0.377 e. The summed E-state index contributed by atoms with van der Waals surface area (Å²) in [6.07, 6.45) is 0. The van der Waals surface area contributed by atoms with Crippen molar-refractivity contribution in [2.75, 3.05) is 5.32 Å². The van der Waals surface area contributed by atoms with Crippen LogP contribution in [0.4, 0.5) is 5.69 Å². The first-order valence-electron chi connectivity index (χ1n) is 4.82. The second-order valence-electron chi connectivity index (χ2n) is 3.36. The van der Waals surface area contributed by atoms with Gasteiger partial charge in [-0.05, 0) is 46.4 Å². The third kappa shape index (κ3) is 2.61. The Bertz CT molecular complexity index is 425. The van der Waals surface area contributed by atoms with E-state index in [4.69, 9.17) is 0 Å². The number of rotatable bonds is 3. The summed E-state index contributed by atoms with van der Waals surface area (Å²) < 4.78 is 1.11. The maximum absolute atomic E-state index is 3.53. The van der Waals surface area contributed by atoms with Gasteiger partial charge in [-0.2, -0.15) is 0 Å². The number of nitrogens with one attached hydrogen (secondary N) is 1. The molecule has 0 saturated heterocycles. The molecule has 1 atom stereocenters. The molecule has 1 nitrogen and oxygen atoms in total. The molecule has 0 bridgehead atoms. The maximum atomic E-state index is 3.53. The average molecular weight is 282 g/mol. The summed E-state index contributed by atoms with van der Waals surface area (Å²) in [6.45, 7) is 2.17. The summed E-state index contributed by atoms with van der Waals surface area (Å²) in [5.41, 5.74) is 1.14. The minimum atomic E-state index is 0.351. The van der Waals surface area contributed by atoms with E-state index in [9.17, 15) is 0 Å². The molecule has 0 aliphatic heterocycles. The fourth-order valence-corrected chi connectivity index (χ4v) is 2.55. The topological polar surface area (TPSA) is 12.0 Å². The summed E-state index contributed by atoms with van der Waals surface area (Å²) in [5, 5.41) is 5.58. The van der Waals surface area contributed by atoms with Crippen molar-refractivity contribution >= 4 is 33.0 Å². The van der Waals surface area contributed by atoms with E-state index >= 15 is 0 Å². The van der Waals surface area contributed by atoms with Gasteiger partial charge in [0.25, 0.3) is 0 Å². The third-order valence-corrected chi connectivity index (χ3v) is 3.96. The largest absolute Gasteiger partial charge is 0.377 e. The summed E-state index contributed by atoms with van der Waals surface area (Å²) in [7, 11) is 0. The fourth-order valence-electron chi connectivity index (χ4n) is 1.42. The van der Waals surface area contributed by atoms with Crippen LogP contribution < -0.4 is 5.32 Å². The zero-order valence-corrected chi connectivity index (χ0v) is 10.8. The van der Waals surface area contributed by atoms with Crippen molar-refractivity contribution in [1.29, 1.82) is 0 Å². The van der Waals surface area contributed by atoms with Crippen molar-refractivity contribution in [2.24, 2.45) is 0 Å². The van der Waals surface area contributed by atoms with Crippen LogP contribution >= 0.6 is 27.3 Å². The number of benzene rings is 1. The first-order valence-corrected chi connectivity index (χ1v) is 6.49. The number of halogens is 1. The van der Waals surface area contributed by atoms with Gasteiger partial charge in [-0.15, -0.1) is 11.3 Å². The van der Waals surface area contributed by atoms with Crippen molar-refractivity contribution in [1.82, 2.24) is 0 Å². The summed E-state index contributed by atoms with van der Waals surface area (Å²) in [5.74, 6) is 0. The normalized spacial score (nSPS) is 12.4. The van der Waals surface area contributed by atoms with Gasteiger partial charge in [0.2, 0.25) is 0 Å². The average Bonchev–Trinajstić information content (AvgIpc) is 2.74. The summed E-state index contributed by atoms with van der Waals surface area (Å²) >= 11 is 5.31. The highest BCUT2D eigenvalue weighted by Crippen LogP contribution is 2.27. The number of hydrogen-bond acceptors (Lipinski definition) is 2. The van der Waals surface area contributed by atoms with Crippen LogP contribution in [0.15, 0.2) is 46.3 Å². The molecule has 1 aromatic heterocycles. The fraction of sp³-hybridized carbons (Fsp3) is 0.167. The monoisotopic (exact) mass is 281 g/mol. The molecule has 0 aliphatic rings. The molecule has 3 heteroatoms. The molecule has 0 fully saturated rings. The lowest BCUT2D eigenvalue weighted by molar-refractivity contribution is 0.907. The molecule has 2 aromatic rings. The first kappa shape index (κ1) is 10.7. The van der Waals surface area contributed by atoms with Crippen LogP contribution in [0.25, 0.3) is 0 Å². The van der Waals surface area contributed by atoms with Gasteiger partial charge in [0.05, 0.1) is 6.04 Å². The zero-order valence-electron chi connectivity index (χ0n) is 8.41. The molecule has 0 spiro atoms. The van der Waals surface area contributed by atoms with Crippen LogP contribution in [0.3, 0.4) is 0 Å². The highest BCUT2D eigenvalue weighted by molar-refractivity contribution is 9.10. The molecule has 0 aliphatic carbocycles. The molecule has 78 valence electrons. The number of hydrogen-bond donors (Lipinski definition) is 1. The number of thiophene rings is 1. The van der Waals surface area contributed by atoms with E-state index in [1.54, 1.807) is 11.3 Å². The predicted molar refractivity (Wildman–Crippen MR) is 70.5 cm³/mol. The Kier molecular flexibility index (Phi) is 3.44. The number of anilines is 1. The molecule has 15 heavy (non-hydrogen) atoms. The second kappa shape index (κ2) is 4.81. The van der Waals surface area contributed by atoms with Crippen LogP contribution in [-0.4, -0.2) is 0 Å². The molecule has 1 aromatic carbocycles.